The Morgan fingerprint density at radius 1 is 1.32 bits per heavy atom. The summed E-state index contributed by atoms with van der Waals surface area (Å²) >= 11 is 0. The number of amides is 1. The van der Waals surface area contributed by atoms with Crippen molar-refractivity contribution in [1.82, 2.24) is 15.6 Å². The number of hydrogen-bond acceptors (Lipinski definition) is 5. The van der Waals surface area contributed by atoms with Gasteiger partial charge in [0.2, 0.25) is 0 Å². The Morgan fingerprint density at radius 3 is 2.64 bits per heavy atom. The number of nitrogens with zero attached hydrogens (tertiary/aromatic N) is 1. The van der Waals surface area contributed by atoms with Crippen molar-refractivity contribution in [2.45, 2.75) is 33.7 Å². The quantitative estimate of drug-likeness (QED) is 0.429. The van der Waals surface area contributed by atoms with E-state index in [2.05, 4.69) is 36.4 Å². The molecule has 0 fully saturated rings. The van der Waals surface area contributed by atoms with Crippen LogP contribution in [0.4, 0.5) is 0 Å². The summed E-state index contributed by atoms with van der Waals surface area (Å²) in [5.74, 6) is -0.626. The summed E-state index contributed by atoms with van der Waals surface area (Å²) in [4.78, 5) is 16.5. The van der Waals surface area contributed by atoms with Crippen molar-refractivity contribution in [1.29, 1.82) is 0 Å². The number of pyridine rings is 1. The van der Waals surface area contributed by atoms with Crippen LogP contribution in [0.3, 0.4) is 0 Å². The first-order valence-corrected chi connectivity index (χ1v) is 9.95. The van der Waals surface area contributed by atoms with Crippen molar-refractivity contribution < 1.29 is 17.8 Å². The van der Waals surface area contributed by atoms with Gasteiger partial charge in [-0.3, -0.25) is 9.35 Å². The molecular formula is C17H27N3O4S. The molecule has 1 aromatic rings. The van der Waals surface area contributed by atoms with Gasteiger partial charge in [-0.15, -0.1) is 0 Å². The molecule has 3 N–H and O–H groups in total. The third-order valence-corrected chi connectivity index (χ3v) is 3.91. The Balaban J connectivity index is 2.92. The van der Waals surface area contributed by atoms with Crippen molar-refractivity contribution in [2.24, 2.45) is 5.92 Å². The van der Waals surface area contributed by atoms with Crippen LogP contribution in [0.1, 0.15) is 48.9 Å². The monoisotopic (exact) mass is 369 g/mol. The minimum absolute atomic E-state index is 0.172. The standard InChI is InChI=1S/C17H27N3O4S/c1-4-7-18-12-15-10-14(6-5-13(2)3)11-16(20-15)17(21)19-8-9-25(22,23)24/h5-6,10-11,13,18H,4,7-9,12H2,1-3H3,(H,19,21)(H,22,23,24)/b6-5+. The maximum Gasteiger partial charge on any atom is 0.269 e. The van der Waals surface area contributed by atoms with Gasteiger partial charge in [0, 0.05) is 13.1 Å². The molecule has 0 atom stereocenters. The van der Waals surface area contributed by atoms with E-state index in [4.69, 9.17) is 4.55 Å². The second-order valence-corrected chi connectivity index (χ2v) is 7.67. The molecule has 140 valence electrons. The number of nitrogens with one attached hydrogen (secondary N) is 2. The van der Waals surface area contributed by atoms with Crippen LogP contribution in [-0.2, 0) is 16.7 Å². The largest absolute Gasteiger partial charge is 0.350 e. The van der Waals surface area contributed by atoms with E-state index in [0.717, 1.165) is 24.2 Å². The second-order valence-electron chi connectivity index (χ2n) is 6.10. The van der Waals surface area contributed by atoms with E-state index in [9.17, 15) is 13.2 Å². The van der Waals surface area contributed by atoms with Gasteiger partial charge in [-0.2, -0.15) is 8.42 Å². The molecule has 0 aliphatic rings. The molecule has 0 aliphatic carbocycles. The lowest BCUT2D eigenvalue weighted by molar-refractivity contribution is 0.0951. The molecule has 1 aromatic heterocycles. The molecule has 7 nitrogen and oxygen atoms in total. The van der Waals surface area contributed by atoms with Crippen molar-refractivity contribution in [2.75, 3.05) is 18.8 Å². The maximum absolute atomic E-state index is 12.2. The lowest BCUT2D eigenvalue weighted by Crippen LogP contribution is -2.30. The maximum atomic E-state index is 12.2. The Kier molecular flexibility index (Phi) is 8.74. The van der Waals surface area contributed by atoms with Gasteiger partial charge >= 0.3 is 0 Å². The first-order valence-electron chi connectivity index (χ1n) is 8.34. The highest BCUT2D eigenvalue weighted by Crippen LogP contribution is 2.10. The van der Waals surface area contributed by atoms with Crippen LogP contribution < -0.4 is 10.6 Å². The van der Waals surface area contributed by atoms with E-state index in [0.29, 0.717) is 12.5 Å². The van der Waals surface area contributed by atoms with E-state index in [1.54, 1.807) is 6.07 Å². The minimum atomic E-state index is -4.11. The summed E-state index contributed by atoms with van der Waals surface area (Å²) in [6, 6.07) is 3.57. The van der Waals surface area contributed by atoms with E-state index in [-0.39, 0.29) is 12.2 Å². The molecule has 0 aliphatic heterocycles. The molecule has 0 spiro atoms. The Labute approximate surface area is 149 Å². The fraction of sp³-hybridized carbons (Fsp3) is 0.529. The fourth-order valence-electron chi connectivity index (χ4n) is 2.00. The average molecular weight is 369 g/mol. The highest BCUT2D eigenvalue weighted by molar-refractivity contribution is 7.85. The highest BCUT2D eigenvalue weighted by atomic mass is 32.2. The predicted octanol–water partition coefficient (Wildman–Crippen LogP) is 1.87. The molecule has 0 unspecified atom stereocenters. The summed E-state index contributed by atoms with van der Waals surface area (Å²) in [6.07, 6.45) is 4.96. The summed E-state index contributed by atoms with van der Waals surface area (Å²) in [5, 5.41) is 5.70. The number of aromatic nitrogens is 1. The smallest absolute Gasteiger partial charge is 0.269 e. The third kappa shape index (κ3) is 9.33. The van der Waals surface area contributed by atoms with Crippen molar-refractivity contribution in [3.8, 4) is 0 Å². The highest BCUT2D eigenvalue weighted by Gasteiger charge is 2.11. The number of hydrogen-bond donors (Lipinski definition) is 3. The zero-order chi connectivity index (χ0) is 18.9. The fourth-order valence-corrected chi connectivity index (χ4v) is 2.36. The molecule has 1 amide bonds. The first kappa shape index (κ1) is 21.3. The van der Waals surface area contributed by atoms with Crippen LogP contribution in [0, 0.1) is 5.92 Å². The van der Waals surface area contributed by atoms with Crippen LogP contribution in [0.15, 0.2) is 18.2 Å². The van der Waals surface area contributed by atoms with Gasteiger partial charge < -0.3 is 10.6 Å². The first-order chi connectivity index (χ1) is 11.7. The third-order valence-electron chi connectivity index (χ3n) is 3.19. The van der Waals surface area contributed by atoms with Gasteiger partial charge in [0.25, 0.3) is 16.0 Å². The summed E-state index contributed by atoms with van der Waals surface area (Å²) < 4.78 is 30.2. The Morgan fingerprint density at radius 2 is 2.04 bits per heavy atom. The average Bonchev–Trinajstić information content (AvgIpc) is 2.51. The van der Waals surface area contributed by atoms with Crippen molar-refractivity contribution in [3.05, 3.63) is 35.2 Å². The van der Waals surface area contributed by atoms with Gasteiger partial charge in [0.1, 0.15) is 5.69 Å². The minimum Gasteiger partial charge on any atom is -0.350 e. The van der Waals surface area contributed by atoms with Crippen LogP contribution in [0.2, 0.25) is 0 Å². The molecule has 0 bridgehead atoms. The van der Waals surface area contributed by atoms with Gasteiger partial charge in [0.15, 0.2) is 0 Å². The van der Waals surface area contributed by atoms with E-state index in [1.165, 1.54) is 0 Å². The Hall–Kier alpha value is -1.77. The lowest BCUT2D eigenvalue weighted by Gasteiger charge is -2.09. The summed E-state index contributed by atoms with van der Waals surface area (Å²) in [5.41, 5.74) is 1.81. The number of carbonyl (C=O) groups excluding carboxylic acids is 1. The molecule has 8 heteroatoms. The molecule has 0 aromatic carbocycles. The molecule has 0 saturated heterocycles. The van der Waals surface area contributed by atoms with Gasteiger partial charge in [-0.05, 0) is 36.6 Å². The molecule has 25 heavy (non-hydrogen) atoms. The van der Waals surface area contributed by atoms with Crippen molar-refractivity contribution >= 4 is 22.1 Å². The Bertz CT molecular complexity index is 700. The molecule has 0 saturated carbocycles. The van der Waals surface area contributed by atoms with Crippen LogP contribution >= 0.6 is 0 Å². The van der Waals surface area contributed by atoms with Gasteiger partial charge in [-0.25, -0.2) is 4.98 Å². The van der Waals surface area contributed by atoms with Crippen LogP contribution in [0.25, 0.3) is 6.08 Å². The normalized spacial score (nSPS) is 12.0. The molecule has 0 radical (unpaired) electrons. The zero-order valence-electron chi connectivity index (χ0n) is 14.9. The van der Waals surface area contributed by atoms with Gasteiger partial charge in [-0.1, -0.05) is 32.9 Å². The van der Waals surface area contributed by atoms with E-state index >= 15 is 0 Å². The topological polar surface area (TPSA) is 108 Å². The summed E-state index contributed by atoms with van der Waals surface area (Å²) in [7, 11) is -4.11. The lowest BCUT2D eigenvalue weighted by atomic mass is 10.1. The SMILES string of the molecule is CCCNCc1cc(/C=C/C(C)C)cc(C(=O)NCCS(=O)(=O)O)n1. The predicted molar refractivity (Wildman–Crippen MR) is 98.9 cm³/mol. The molecule has 1 rings (SSSR count). The zero-order valence-corrected chi connectivity index (χ0v) is 15.8. The van der Waals surface area contributed by atoms with E-state index in [1.807, 2.05) is 18.2 Å². The van der Waals surface area contributed by atoms with Crippen molar-refractivity contribution in [3.63, 3.8) is 0 Å². The van der Waals surface area contributed by atoms with Crippen LogP contribution in [-0.4, -0.2) is 42.7 Å². The van der Waals surface area contributed by atoms with E-state index < -0.39 is 21.8 Å². The molecule has 1 heterocycles. The number of carbonyl (C=O) groups is 1. The second kappa shape index (κ2) is 10.3. The number of allylic oxidation sites excluding steroid dienone is 1. The molecular weight excluding hydrogens is 342 g/mol. The van der Waals surface area contributed by atoms with Crippen LogP contribution in [0.5, 0.6) is 0 Å². The summed E-state index contributed by atoms with van der Waals surface area (Å²) in [6.45, 7) is 7.41. The number of rotatable bonds is 10. The van der Waals surface area contributed by atoms with Gasteiger partial charge in [0.05, 0.1) is 11.4 Å².